The molecule has 5 nitrogen and oxygen atoms in total. The number of aliphatic hydroxyl groups excluding tert-OH is 1. The highest BCUT2D eigenvalue weighted by Crippen LogP contribution is 2.27. The molecule has 1 rings (SSSR count). The number of aliphatic hydroxyl groups is 1. The van der Waals surface area contributed by atoms with E-state index in [0.29, 0.717) is 0 Å². The first-order chi connectivity index (χ1) is 8.58. The third kappa shape index (κ3) is 4.29. The SMILES string of the molecule is CCCC(N)C(CO)Sc1ccc([N+](=O)[O-])cc1. The first kappa shape index (κ1) is 14.9. The van der Waals surface area contributed by atoms with Crippen molar-refractivity contribution in [2.24, 2.45) is 5.73 Å². The molecule has 0 heterocycles. The molecule has 18 heavy (non-hydrogen) atoms. The van der Waals surface area contributed by atoms with Gasteiger partial charge in [0.05, 0.1) is 11.5 Å². The van der Waals surface area contributed by atoms with Crippen LogP contribution >= 0.6 is 11.8 Å². The van der Waals surface area contributed by atoms with Gasteiger partial charge in [0, 0.05) is 28.3 Å². The van der Waals surface area contributed by atoms with E-state index in [1.807, 2.05) is 6.92 Å². The number of nitrogens with zero attached hydrogens (tertiary/aromatic N) is 1. The van der Waals surface area contributed by atoms with Crippen LogP contribution in [-0.2, 0) is 0 Å². The molecule has 1 aromatic carbocycles. The predicted molar refractivity (Wildman–Crippen MR) is 72.7 cm³/mol. The molecule has 0 aliphatic carbocycles. The molecule has 0 saturated heterocycles. The molecule has 3 N–H and O–H groups in total. The Morgan fingerprint density at radius 2 is 2.06 bits per heavy atom. The zero-order valence-electron chi connectivity index (χ0n) is 10.3. The van der Waals surface area contributed by atoms with E-state index < -0.39 is 4.92 Å². The molecule has 2 atom stereocenters. The van der Waals surface area contributed by atoms with Crippen LogP contribution in [0.3, 0.4) is 0 Å². The fourth-order valence-electron chi connectivity index (χ4n) is 1.60. The van der Waals surface area contributed by atoms with Crippen molar-refractivity contribution >= 4 is 17.4 Å². The Kier molecular flexibility index (Phi) is 6.11. The minimum Gasteiger partial charge on any atom is -0.395 e. The lowest BCUT2D eigenvalue weighted by molar-refractivity contribution is -0.384. The lowest BCUT2D eigenvalue weighted by atomic mass is 10.1. The fourth-order valence-corrected chi connectivity index (χ4v) is 2.63. The molecular weight excluding hydrogens is 252 g/mol. The van der Waals surface area contributed by atoms with Crippen LogP contribution in [0.15, 0.2) is 29.2 Å². The van der Waals surface area contributed by atoms with Gasteiger partial charge in [-0.2, -0.15) is 0 Å². The monoisotopic (exact) mass is 270 g/mol. The van der Waals surface area contributed by atoms with Crippen molar-refractivity contribution in [3.05, 3.63) is 34.4 Å². The van der Waals surface area contributed by atoms with Crippen LogP contribution in [0.1, 0.15) is 19.8 Å². The Morgan fingerprint density at radius 1 is 1.44 bits per heavy atom. The number of nitrogens with two attached hydrogens (primary N) is 1. The molecule has 0 aliphatic rings. The zero-order chi connectivity index (χ0) is 13.5. The van der Waals surface area contributed by atoms with Crippen molar-refractivity contribution in [1.82, 2.24) is 0 Å². The van der Waals surface area contributed by atoms with Crippen LogP contribution in [0.5, 0.6) is 0 Å². The average Bonchev–Trinajstić information content (AvgIpc) is 2.36. The maximum Gasteiger partial charge on any atom is 0.269 e. The van der Waals surface area contributed by atoms with Gasteiger partial charge in [0.1, 0.15) is 0 Å². The molecule has 0 aliphatic heterocycles. The quantitative estimate of drug-likeness (QED) is 0.450. The summed E-state index contributed by atoms with van der Waals surface area (Å²) in [4.78, 5) is 11.0. The molecular formula is C12H18N2O3S. The number of nitro benzene ring substituents is 1. The van der Waals surface area contributed by atoms with Crippen LogP contribution < -0.4 is 5.73 Å². The molecule has 100 valence electrons. The smallest absolute Gasteiger partial charge is 0.269 e. The van der Waals surface area contributed by atoms with Gasteiger partial charge in [0.25, 0.3) is 5.69 Å². The number of thioether (sulfide) groups is 1. The van der Waals surface area contributed by atoms with Crippen LogP contribution in [0.4, 0.5) is 5.69 Å². The van der Waals surface area contributed by atoms with Crippen molar-refractivity contribution in [3.8, 4) is 0 Å². The van der Waals surface area contributed by atoms with Crippen molar-refractivity contribution < 1.29 is 10.0 Å². The molecule has 0 spiro atoms. The lowest BCUT2D eigenvalue weighted by Crippen LogP contribution is -2.34. The van der Waals surface area contributed by atoms with E-state index >= 15 is 0 Å². The van der Waals surface area contributed by atoms with Gasteiger partial charge in [0.2, 0.25) is 0 Å². The summed E-state index contributed by atoms with van der Waals surface area (Å²) >= 11 is 1.46. The summed E-state index contributed by atoms with van der Waals surface area (Å²) in [5.74, 6) is 0. The highest BCUT2D eigenvalue weighted by atomic mass is 32.2. The maximum absolute atomic E-state index is 10.5. The Balaban J connectivity index is 2.67. The highest BCUT2D eigenvalue weighted by molar-refractivity contribution is 8.00. The minimum absolute atomic E-state index is 0.00280. The van der Waals surface area contributed by atoms with Crippen LogP contribution in [0.25, 0.3) is 0 Å². The van der Waals surface area contributed by atoms with Gasteiger partial charge in [-0.1, -0.05) is 13.3 Å². The average molecular weight is 270 g/mol. The number of rotatable bonds is 7. The van der Waals surface area contributed by atoms with E-state index in [9.17, 15) is 15.2 Å². The first-order valence-electron chi connectivity index (χ1n) is 5.86. The van der Waals surface area contributed by atoms with Crippen molar-refractivity contribution in [2.45, 2.75) is 36.0 Å². The van der Waals surface area contributed by atoms with Crippen molar-refractivity contribution in [1.29, 1.82) is 0 Å². The van der Waals surface area contributed by atoms with Crippen LogP contribution in [0, 0.1) is 10.1 Å². The Labute approximate surface area is 111 Å². The fraction of sp³-hybridized carbons (Fsp3) is 0.500. The van der Waals surface area contributed by atoms with Gasteiger partial charge in [-0.05, 0) is 18.6 Å². The second-order valence-electron chi connectivity index (χ2n) is 4.04. The number of hydrogen-bond donors (Lipinski definition) is 2. The standard InChI is InChI=1S/C12H18N2O3S/c1-2-3-11(13)12(8-15)18-10-6-4-9(5-7-10)14(16)17/h4-7,11-12,15H,2-3,8,13H2,1H3. The van der Waals surface area contributed by atoms with Crippen molar-refractivity contribution in [2.75, 3.05) is 6.61 Å². The number of non-ortho nitro benzene ring substituents is 1. The topological polar surface area (TPSA) is 89.4 Å². The summed E-state index contributed by atoms with van der Waals surface area (Å²) in [6.45, 7) is 2.05. The number of nitro groups is 1. The normalized spacial score (nSPS) is 14.2. The van der Waals surface area contributed by atoms with Crippen molar-refractivity contribution in [3.63, 3.8) is 0 Å². The molecule has 0 saturated carbocycles. The Bertz CT molecular complexity index is 383. The summed E-state index contributed by atoms with van der Waals surface area (Å²) in [6.07, 6.45) is 1.82. The third-order valence-corrected chi connectivity index (χ3v) is 3.96. The van der Waals surface area contributed by atoms with E-state index in [1.54, 1.807) is 12.1 Å². The van der Waals surface area contributed by atoms with Gasteiger partial charge in [0.15, 0.2) is 0 Å². The van der Waals surface area contributed by atoms with Crippen LogP contribution in [0.2, 0.25) is 0 Å². The maximum atomic E-state index is 10.5. The second kappa shape index (κ2) is 7.35. The zero-order valence-corrected chi connectivity index (χ0v) is 11.1. The molecule has 1 aromatic rings. The van der Waals surface area contributed by atoms with Crippen LogP contribution in [-0.4, -0.2) is 27.9 Å². The molecule has 0 radical (unpaired) electrons. The predicted octanol–water partition coefficient (Wildman–Crippen LogP) is 2.18. The molecule has 0 aromatic heterocycles. The number of hydrogen-bond acceptors (Lipinski definition) is 5. The summed E-state index contributed by atoms with van der Waals surface area (Å²) in [5.41, 5.74) is 6.04. The van der Waals surface area contributed by atoms with Gasteiger partial charge in [-0.3, -0.25) is 10.1 Å². The molecule has 0 bridgehead atoms. The van der Waals surface area contributed by atoms with Gasteiger partial charge >= 0.3 is 0 Å². The summed E-state index contributed by atoms with van der Waals surface area (Å²) in [6, 6.07) is 6.22. The molecule has 6 heteroatoms. The van der Waals surface area contributed by atoms with E-state index in [1.165, 1.54) is 23.9 Å². The van der Waals surface area contributed by atoms with E-state index in [-0.39, 0.29) is 23.6 Å². The Hall–Kier alpha value is -1.11. The largest absolute Gasteiger partial charge is 0.395 e. The molecule has 0 amide bonds. The lowest BCUT2D eigenvalue weighted by Gasteiger charge is -2.20. The second-order valence-corrected chi connectivity index (χ2v) is 5.36. The van der Waals surface area contributed by atoms with Gasteiger partial charge < -0.3 is 10.8 Å². The first-order valence-corrected chi connectivity index (χ1v) is 6.74. The third-order valence-electron chi connectivity index (χ3n) is 2.61. The van der Waals surface area contributed by atoms with E-state index in [0.717, 1.165) is 17.7 Å². The molecule has 2 unspecified atom stereocenters. The minimum atomic E-state index is -0.430. The highest BCUT2D eigenvalue weighted by Gasteiger charge is 2.18. The van der Waals surface area contributed by atoms with E-state index in [4.69, 9.17) is 5.73 Å². The van der Waals surface area contributed by atoms with E-state index in [2.05, 4.69) is 0 Å². The summed E-state index contributed by atoms with van der Waals surface area (Å²) in [5, 5.41) is 19.8. The summed E-state index contributed by atoms with van der Waals surface area (Å²) < 4.78 is 0. The Morgan fingerprint density at radius 3 is 2.50 bits per heavy atom. The van der Waals surface area contributed by atoms with Gasteiger partial charge in [-0.25, -0.2) is 0 Å². The number of benzene rings is 1. The molecule has 0 fully saturated rings. The van der Waals surface area contributed by atoms with Gasteiger partial charge in [-0.15, -0.1) is 11.8 Å². The summed E-state index contributed by atoms with van der Waals surface area (Å²) in [7, 11) is 0.